The highest BCUT2D eigenvalue weighted by atomic mass is 16.6. The van der Waals surface area contributed by atoms with E-state index in [0.29, 0.717) is 22.7 Å². The van der Waals surface area contributed by atoms with E-state index in [9.17, 15) is 14.9 Å². The first-order valence-electron chi connectivity index (χ1n) is 7.96. The monoisotopic (exact) mass is 360 g/mol. The van der Waals surface area contributed by atoms with Gasteiger partial charge in [0, 0.05) is 30.2 Å². The Morgan fingerprint density at radius 3 is 2.44 bits per heavy atom. The number of hydrogen-bond acceptors (Lipinski definition) is 6. The molecular weight excluding hydrogens is 348 g/mol. The van der Waals surface area contributed by atoms with Crippen LogP contribution in [0.15, 0.2) is 73.3 Å². The molecule has 0 N–H and O–H groups in total. The number of benzene rings is 1. The molecule has 0 spiro atoms. The minimum atomic E-state index is -0.467. The van der Waals surface area contributed by atoms with Crippen molar-refractivity contribution in [3.63, 3.8) is 0 Å². The van der Waals surface area contributed by atoms with E-state index in [-0.39, 0.29) is 5.69 Å². The molecule has 27 heavy (non-hydrogen) atoms. The lowest BCUT2D eigenvalue weighted by Gasteiger charge is -2.04. The van der Waals surface area contributed by atoms with Crippen LogP contribution < -0.4 is 4.74 Å². The molecule has 8 heteroatoms. The van der Waals surface area contributed by atoms with Crippen molar-refractivity contribution in [1.82, 2.24) is 14.4 Å². The van der Waals surface area contributed by atoms with Crippen LogP contribution in [-0.2, 0) is 0 Å². The lowest BCUT2D eigenvalue weighted by Crippen LogP contribution is -2.08. The molecule has 0 fully saturated rings. The molecule has 0 unspecified atom stereocenters. The summed E-state index contributed by atoms with van der Waals surface area (Å²) in [6, 6.07) is 13.0. The Hall–Kier alpha value is -4.07. The number of pyridine rings is 2. The van der Waals surface area contributed by atoms with E-state index in [1.54, 1.807) is 53.1 Å². The topological polar surface area (TPSA) is 99.6 Å². The first kappa shape index (κ1) is 16.4. The molecule has 0 bridgehead atoms. The first-order chi connectivity index (χ1) is 13.1. The van der Waals surface area contributed by atoms with Gasteiger partial charge < -0.3 is 4.74 Å². The summed E-state index contributed by atoms with van der Waals surface area (Å²) < 4.78 is 6.93. The maximum Gasteiger partial charge on any atom is 0.343 e. The van der Waals surface area contributed by atoms with Crippen molar-refractivity contribution < 1.29 is 14.5 Å². The molecule has 4 rings (SSSR count). The van der Waals surface area contributed by atoms with Gasteiger partial charge in [0.15, 0.2) is 0 Å². The van der Waals surface area contributed by atoms with Crippen molar-refractivity contribution >= 4 is 17.3 Å². The highest BCUT2D eigenvalue weighted by molar-refractivity contribution is 5.90. The molecule has 0 radical (unpaired) electrons. The number of nitro groups is 1. The van der Waals surface area contributed by atoms with E-state index in [1.807, 2.05) is 0 Å². The number of nitrogens with zero attached hydrogens (tertiary/aromatic N) is 4. The molecule has 0 aliphatic carbocycles. The van der Waals surface area contributed by atoms with Crippen LogP contribution in [0.1, 0.15) is 10.4 Å². The molecule has 0 atom stereocenters. The summed E-state index contributed by atoms with van der Waals surface area (Å²) in [5.41, 5.74) is 2.46. The van der Waals surface area contributed by atoms with Gasteiger partial charge in [0.25, 0.3) is 5.69 Å². The number of rotatable bonds is 4. The summed E-state index contributed by atoms with van der Waals surface area (Å²) in [7, 11) is 0. The predicted octanol–water partition coefficient (Wildman–Crippen LogP) is 3.52. The Morgan fingerprint density at radius 2 is 1.74 bits per heavy atom. The number of imidazole rings is 1. The second-order valence-electron chi connectivity index (χ2n) is 5.69. The quantitative estimate of drug-likeness (QED) is 0.239. The fourth-order valence-electron chi connectivity index (χ4n) is 2.57. The van der Waals surface area contributed by atoms with Crippen molar-refractivity contribution in [2.45, 2.75) is 0 Å². The maximum absolute atomic E-state index is 12.1. The number of carbonyl (C=O) groups excluding carboxylic acids is 1. The van der Waals surface area contributed by atoms with Crippen LogP contribution in [0.2, 0.25) is 0 Å². The van der Waals surface area contributed by atoms with Gasteiger partial charge >= 0.3 is 5.97 Å². The molecule has 132 valence electrons. The van der Waals surface area contributed by atoms with Gasteiger partial charge in [-0.15, -0.1) is 0 Å². The lowest BCUT2D eigenvalue weighted by molar-refractivity contribution is -0.385. The highest BCUT2D eigenvalue weighted by Crippen LogP contribution is 2.24. The van der Waals surface area contributed by atoms with E-state index in [1.165, 1.54) is 24.7 Å². The average molecular weight is 360 g/mol. The SMILES string of the molecule is O=C(Oc1ccc(-c2cn3cc([N+](=O)[O-])ccc3n2)cc1)c1ccncc1. The standard InChI is InChI=1S/C19H12N4O4/c24-19(14-7-9-20-10-8-14)27-16-4-1-13(2-5-16)17-12-22-11-15(23(25)26)3-6-18(22)21-17/h1-12H. The first-order valence-corrected chi connectivity index (χ1v) is 7.96. The minimum Gasteiger partial charge on any atom is -0.423 e. The Kier molecular flexibility index (Phi) is 4.06. The predicted molar refractivity (Wildman–Crippen MR) is 96.5 cm³/mol. The van der Waals surface area contributed by atoms with Crippen LogP contribution in [0.3, 0.4) is 0 Å². The number of esters is 1. The molecule has 3 heterocycles. The van der Waals surface area contributed by atoms with Crippen molar-refractivity contribution in [1.29, 1.82) is 0 Å². The number of fused-ring (bicyclic) bond motifs is 1. The molecule has 0 saturated carbocycles. The number of carbonyl (C=O) groups is 1. The summed E-state index contributed by atoms with van der Waals surface area (Å²) in [5.74, 6) is -0.0647. The normalized spacial score (nSPS) is 10.7. The van der Waals surface area contributed by atoms with Gasteiger partial charge in [-0.05, 0) is 42.5 Å². The summed E-state index contributed by atoms with van der Waals surface area (Å²) in [6.45, 7) is 0. The second-order valence-corrected chi connectivity index (χ2v) is 5.69. The molecule has 0 aliphatic rings. The van der Waals surface area contributed by atoms with Crippen LogP contribution in [0.25, 0.3) is 16.9 Å². The van der Waals surface area contributed by atoms with E-state index in [2.05, 4.69) is 9.97 Å². The average Bonchev–Trinajstić information content (AvgIpc) is 3.12. The van der Waals surface area contributed by atoms with E-state index in [4.69, 9.17) is 4.74 Å². The minimum absolute atomic E-state index is 0.00942. The van der Waals surface area contributed by atoms with Gasteiger partial charge in [-0.2, -0.15) is 0 Å². The number of hydrogen-bond donors (Lipinski definition) is 0. The molecule has 0 saturated heterocycles. The van der Waals surface area contributed by atoms with Gasteiger partial charge in [-0.3, -0.25) is 19.5 Å². The van der Waals surface area contributed by atoms with Crippen molar-refractivity contribution in [3.8, 4) is 17.0 Å². The zero-order valence-electron chi connectivity index (χ0n) is 13.9. The third-order valence-electron chi connectivity index (χ3n) is 3.92. The maximum atomic E-state index is 12.1. The smallest absolute Gasteiger partial charge is 0.343 e. The zero-order valence-corrected chi connectivity index (χ0v) is 13.9. The zero-order chi connectivity index (χ0) is 18.8. The van der Waals surface area contributed by atoms with E-state index < -0.39 is 10.9 Å². The summed E-state index contributed by atoms with van der Waals surface area (Å²) in [6.07, 6.45) is 6.16. The third kappa shape index (κ3) is 3.36. The van der Waals surface area contributed by atoms with Crippen molar-refractivity contribution in [2.75, 3.05) is 0 Å². The van der Waals surface area contributed by atoms with Gasteiger partial charge in [0.05, 0.1) is 22.4 Å². The van der Waals surface area contributed by atoms with Crippen LogP contribution in [0.4, 0.5) is 5.69 Å². The van der Waals surface area contributed by atoms with Crippen LogP contribution in [0, 0.1) is 10.1 Å². The summed E-state index contributed by atoms with van der Waals surface area (Å²) in [4.78, 5) is 30.8. The van der Waals surface area contributed by atoms with Crippen LogP contribution in [0.5, 0.6) is 5.75 Å². The van der Waals surface area contributed by atoms with E-state index in [0.717, 1.165) is 5.56 Å². The van der Waals surface area contributed by atoms with Gasteiger partial charge in [0.1, 0.15) is 11.4 Å². The molecular formula is C19H12N4O4. The van der Waals surface area contributed by atoms with Gasteiger partial charge in [-0.25, -0.2) is 9.78 Å². The lowest BCUT2D eigenvalue weighted by atomic mass is 10.1. The number of aromatic nitrogens is 3. The molecule has 8 nitrogen and oxygen atoms in total. The summed E-state index contributed by atoms with van der Waals surface area (Å²) >= 11 is 0. The molecule has 0 amide bonds. The molecule has 3 aromatic heterocycles. The molecule has 4 aromatic rings. The Balaban J connectivity index is 1.56. The Bertz CT molecular complexity index is 1140. The van der Waals surface area contributed by atoms with Gasteiger partial charge in [0.2, 0.25) is 0 Å². The third-order valence-corrected chi connectivity index (χ3v) is 3.92. The van der Waals surface area contributed by atoms with E-state index >= 15 is 0 Å². The fourth-order valence-corrected chi connectivity index (χ4v) is 2.57. The Labute approximate surface area is 152 Å². The van der Waals surface area contributed by atoms with Crippen LogP contribution in [-0.4, -0.2) is 25.3 Å². The Morgan fingerprint density at radius 1 is 1.00 bits per heavy atom. The molecule has 1 aromatic carbocycles. The van der Waals surface area contributed by atoms with Crippen molar-refractivity contribution in [3.05, 3.63) is 89.0 Å². The summed E-state index contributed by atoms with van der Waals surface area (Å²) in [5, 5.41) is 10.9. The largest absolute Gasteiger partial charge is 0.423 e. The second kappa shape index (κ2) is 6.68. The number of ether oxygens (including phenoxy) is 1. The highest BCUT2D eigenvalue weighted by Gasteiger charge is 2.11. The molecule has 0 aliphatic heterocycles. The van der Waals surface area contributed by atoms with Gasteiger partial charge in [-0.1, -0.05) is 0 Å². The fraction of sp³-hybridized carbons (Fsp3) is 0. The van der Waals surface area contributed by atoms with Crippen LogP contribution >= 0.6 is 0 Å². The van der Waals surface area contributed by atoms with Crippen molar-refractivity contribution in [2.24, 2.45) is 0 Å².